The van der Waals surface area contributed by atoms with Gasteiger partial charge in [0.05, 0.1) is 17.4 Å². The van der Waals surface area contributed by atoms with Crippen LogP contribution in [0.25, 0.3) is 10.9 Å². The number of likely N-dealkylation sites (N-methyl/N-ethyl adjacent to an activating group) is 1. The molecule has 20 heavy (non-hydrogen) atoms. The Hall–Kier alpha value is -1.76. The van der Waals surface area contributed by atoms with Crippen molar-refractivity contribution in [1.29, 1.82) is 0 Å². The first-order chi connectivity index (χ1) is 9.72. The van der Waals surface area contributed by atoms with Crippen molar-refractivity contribution in [2.24, 2.45) is 0 Å². The van der Waals surface area contributed by atoms with E-state index >= 15 is 0 Å². The van der Waals surface area contributed by atoms with Crippen molar-refractivity contribution in [3.05, 3.63) is 40.4 Å². The Morgan fingerprint density at radius 3 is 2.80 bits per heavy atom. The van der Waals surface area contributed by atoms with Crippen LogP contribution in [0.15, 0.2) is 29.1 Å². The van der Waals surface area contributed by atoms with E-state index in [1.807, 2.05) is 18.2 Å². The molecule has 1 aliphatic heterocycles. The molecule has 0 radical (unpaired) electrons. The maximum atomic E-state index is 12.0. The quantitative estimate of drug-likeness (QED) is 0.835. The van der Waals surface area contributed by atoms with Gasteiger partial charge in [0.1, 0.15) is 5.82 Å². The standard InChI is InChI=1S/C14H19N5O/c1-18-6-8-19(9-7-18)15-10-13-16-12-5-3-2-4-11(12)14(20)17-13/h2-5,15H,6-10H2,1H3,(H,16,17,20). The fourth-order valence-corrected chi connectivity index (χ4v) is 2.37. The summed E-state index contributed by atoms with van der Waals surface area (Å²) in [5.74, 6) is 0.674. The summed E-state index contributed by atoms with van der Waals surface area (Å²) < 4.78 is 0. The molecule has 2 N–H and O–H groups in total. The second-order valence-electron chi connectivity index (χ2n) is 5.15. The van der Waals surface area contributed by atoms with Gasteiger partial charge < -0.3 is 9.88 Å². The van der Waals surface area contributed by atoms with Crippen LogP contribution in [0.1, 0.15) is 5.82 Å². The van der Waals surface area contributed by atoms with Gasteiger partial charge in [-0.1, -0.05) is 12.1 Å². The summed E-state index contributed by atoms with van der Waals surface area (Å²) in [7, 11) is 2.12. The summed E-state index contributed by atoms with van der Waals surface area (Å²) in [6, 6.07) is 7.40. The lowest BCUT2D eigenvalue weighted by molar-refractivity contribution is 0.101. The van der Waals surface area contributed by atoms with Crippen LogP contribution in [0.2, 0.25) is 0 Å². The van der Waals surface area contributed by atoms with E-state index in [1.54, 1.807) is 6.07 Å². The third kappa shape index (κ3) is 2.87. The van der Waals surface area contributed by atoms with Crippen LogP contribution in [-0.2, 0) is 6.54 Å². The van der Waals surface area contributed by atoms with E-state index in [-0.39, 0.29) is 5.56 Å². The molecule has 1 aromatic carbocycles. The van der Waals surface area contributed by atoms with E-state index in [0.717, 1.165) is 31.7 Å². The largest absolute Gasteiger partial charge is 0.309 e. The molecule has 0 unspecified atom stereocenters. The SMILES string of the molecule is CN1CCN(NCc2nc3ccccc3c(=O)[nH]2)CC1. The van der Waals surface area contributed by atoms with Crippen LogP contribution in [0.4, 0.5) is 0 Å². The molecule has 1 aromatic heterocycles. The van der Waals surface area contributed by atoms with Crippen molar-refractivity contribution in [2.75, 3.05) is 33.2 Å². The first-order valence-electron chi connectivity index (χ1n) is 6.87. The molecule has 6 heteroatoms. The van der Waals surface area contributed by atoms with E-state index in [2.05, 4.69) is 32.4 Å². The van der Waals surface area contributed by atoms with Gasteiger partial charge in [0, 0.05) is 26.2 Å². The Balaban J connectivity index is 1.70. The molecule has 0 atom stereocenters. The number of benzene rings is 1. The summed E-state index contributed by atoms with van der Waals surface area (Å²) in [6.07, 6.45) is 0. The van der Waals surface area contributed by atoms with E-state index in [1.165, 1.54) is 0 Å². The van der Waals surface area contributed by atoms with Gasteiger partial charge in [-0.15, -0.1) is 0 Å². The van der Waals surface area contributed by atoms with E-state index in [4.69, 9.17) is 0 Å². The van der Waals surface area contributed by atoms with Crippen LogP contribution in [0.3, 0.4) is 0 Å². The van der Waals surface area contributed by atoms with Gasteiger partial charge >= 0.3 is 0 Å². The molecule has 2 heterocycles. The van der Waals surface area contributed by atoms with Crippen molar-refractivity contribution >= 4 is 10.9 Å². The maximum Gasteiger partial charge on any atom is 0.258 e. The number of aromatic nitrogens is 2. The molecule has 6 nitrogen and oxygen atoms in total. The lowest BCUT2D eigenvalue weighted by Crippen LogP contribution is -2.50. The molecule has 0 bridgehead atoms. The Morgan fingerprint density at radius 1 is 1.25 bits per heavy atom. The Labute approximate surface area is 117 Å². The number of aromatic amines is 1. The van der Waals surface area contributed by atoms with E-state index in [0.29, 0.717) is 17.8 Å². The average molecular weight is 273 g/mol. The number of rotatable bonds is 3. The van der Waals surface area contributed by atoms with Gasteiger partial charge in [0.2, 0.25) is 0 Å². The Kier molecular flexibility index (Phi) is 3.77. The van der Waals surface area contributed by atoms with Crippen molar-refractivity contribution < 1.29 is 0 Å². The van der Waals surface area contributed by atoms with Gasteiger partial charge in [-0.05, 0) is 19.2 Å². The van der Waals surface area contributed by atoms with Gasteiger partial charge in [-0.25, -0.2) is 15.4 Å². The lowest BCUT2D eigenvalue weighted by atomic mass is 10.2. The predicted molar refractivity (Wildman–Crippen MR) is 78.3 cm³/mol. The third-order valence-electron chi connectivity index (χ3n) is 3.64. The molecular weight excluding hydrogens is 254 g/mol. The van der Waals surface area contributed by atoms with Gasteiger partial charge in [0.15, 0.2) is 0 Å². The molecule has 3 rings (SSSR count). The highest BCUT2D eigenvalue weighted by Gasteiger charge is 2.13. The van der Waals surface area contributed by atoms with Crippen LogP contribution in [0, 0.1) is 0 Å². The zero-order chi connectivity index (χ0) is 13.9. The van der Waals surface area contributed by atoms with Crippen molar-refractivity contribution in [1.82, 2.24) is 25.3 Å². The minimum atomic E-state index is -0.0780. The molecular formula is C14H19N5O. The number of nitrogens with one attached hydrogen (secondary N) is 2. The first kappa shape index (κ1) is 13.2. The summed E-state index contributed by atoms with van der Waals surface area (Å²) in [5.41, 5.74) is 3.99. The van der Waals surface area contributed by atoms with Gasteiger partial charge in [-0.2, -0.15) is 0 Å². The van der Waals surface area contributed by atoms with Gasteiger partial charge in [-0.3, -0.25) is 4.79 Å². The number of nitrogens with zero attached hydrogens (tertiary/aromatic N) is 3. The lowest BCUT2D eigenvalue weighted by Gasteiger charge is -2.32. The molecule has 1 saturated heterocycles. The zero-order valence-corrected chi connectivity index (χ0v) is 11.6. The highest BCUT2D eigenvalue weighted by Crippen LogP contribution is 2.05. The maximum absolute atomic E-state index is 12.0. The molecule has 1 aliphatic rings. The minimum Gasteiger partial charge on any atom is -0.309 e. The number of hydrogen-bond acceptors (Lipinski definition) is 5. The fourth-order valence-electron chi connectivity index (χ4n) is 2.37. The number of H-pyrrole nitrogens is 1. The number of fused-ring (bicyclic) bond motifs is 1. The highest BCUT2D eigenvalue weighted by atomic mass is 16.1. The summed E-state index contributed by atoms with van der Waals surface area (Å²) in [5, 5.41) is 2.81. The van der Waals surface area contributed by atoms with Crippen LogP contribution >= 0.6 is 0 Å². The second-order valence-corrected chi connectivity index (χ2v) is 5.15. The van der Waals surface area contributed by atoms with Crippen molar-refractivity contribution in [2.45, 2.75) is 6.54 Å². The molecule has 1 fully saturated rings. The van der Waals surface area contributed by atoms with Crippen molar-refractivity contribution in [3.63, 3.8) is 0 Å². The first-order valence-corrected chi connectivity index (χ1v) is 6.87. The zero-order valence-electron chi connectivity index (χ0n) is 11.6. The smallest absolute Gasteiger partial charge is 0.258 e. The second kappa shape index (κ2) is 5.70. The Bertz CT molecular complexity index is 645. The third-order valence-corrected chi connectivity index (χ3v) is 3.64. The number of hydrogen-bond donors (Lipinski definition) is 2. The molecule has 106 valence electrons. The van der Waals surface area contributed by atoms with Crippen LogP contribution < -0.4 is 11.0 Å². The minimum absolute atomic E-state index is 0.0780. The normalized spacial score (nSPS) is 17.6. The predicted octanol–water partition coefficient (Wildman–Crippen LogP) is 0.175. The number of para-hydroxylation sites is 1. The van der Waals surface area contributed by atoms with Crippen molar-refractivity contribution in [3.8, 4) is 0 Å². The number of hydrazine groups is 1. The monoisotopic (exact) mass is 273 g/mol. The Morgan fingerprint density at radius 2 is 2.00 bits per heavy atom. The summed E-state index contributed by atoms with van der Waals surface area (Å²) in [4.78, 5) is 21.6. The topological polar surface area (TPSA) is 64.3 Å². The van der Waals surface area contributed by atoms with Gasteiger partial charge in [0.25, 0.3) is 5.56 Å². The van der Waals surface area contributed by atoms with E-state index in [9.17, 15) is 4.79 Å². The van der Waals surface area contributed by atoms with Crippen LogP contribution in [-0.4, -0.2) is 53.1 Å². The van der Waals surface area contributed by atoms with E-state index < -0.39 is 0 Å². The molecule has 0 saturated carbocycles. The molecule has 0 amide bonds. The summed E-state index contributed by atoms with van der Waals surface area (Å²) >= 11 is 0. The van der Waals surface area contributed by atoms with Crippen LogP contribution in [0.5, 0.6) is 0 Å². The number of piperazine rings is 1. The highest BCUT2D eigenvalue weighted by molar-refractivity contribution is 5.77. The molecule has 2 aromatic rings. The summed E-state index contributed by atoms with van der Waals surface area (Å²) in [6.45, 7) is 4.61. The average Bonchev–Trinajstić information content (AvgIpc) is 2.47. The fraction of sp³-hybridized carbons (Fsp3) is 0.429. The molecule has 0 spiro atoms. The molecule has 0 aliphatic carbocycles.